The molecule has 1 aliphatic carbocycles. The van der Waals surface area contributed by atoms with Gasteiger partial charge in [0.1, 0.15) is 0 Å². The molecule has 1 fully saturated rings. The van der Waals surface area contributed by atoms with Crippen molar-refractivity contribution in [3.05, 3.63) is 24.0 Å². The third-order valence-electron chi connectivity index (χ3n) is 5.47. The van der Waals surface area contributed by atoms with Gasteiger partial charge in [-0.2, -0.15) is 5.10 Å². The van der Waals surface area contributed by atoms with Crippen LogP contribution in [0.4, 0.5) is 26.7 Å². The SMILES string of the molecule is COC(=O)Nc1cc2c(cc1-c1c[nH]nc1C1CC1)N(C(=O)O)C[C@H](C)N2C(C)=O. The van der Waals surface area contributed by atoms with E-state index in [0.717, 1.165) is 24.1 Å². The van der Waals surface area contributed by atoms with Gasteiger partial charge in [-0.3, -0.25) is 20.1 Å². The lowest BCUT2D eigenvalue weighted by Crippen LogP contribution is -2.51. The third-order valence-corrected chi connectivity index (χ3v) is 5.47. The Bertz CT molecular complexity index is 1030. The maximum atomic E-state index is 12.3. The maximum absolute atomic E-state index is 12.3. The van der Waals surface area contributed by atoms with Gasteiger partial charge in [0.15, 0.2) is 0 Å². The molecule has 0 spiro atoms. The van der Waals surface area contributed by atoms with E-state index in [1.165, 1.54) is 23.8 Å². The number of methoxy groups -OCH3 is 1. The summed E-state index contributed by atoms with van der Waals surface area (Å²) in [5.41, 5.74) is 3.47. The molecule has 10 nitrogen and oxygen atoms in total. The molecule has 1 aromatic carbocycles. The monoisotopic (exact) mass is 413 g/mol. The van der Waals surface area contributed by atoms with Crippen molar-refractivity contribution in [3.8, 4) is 11.1 Å². The van der Waals surface area contributed by atoms with E-state index in [1.807, 2.05) is 0 Å². The van der Waals surface area contributed by atoms with Crippen molar-refractivity contribution in [2.75, 3.05) is 28.8 Å². The van der Waals surface area contributed by atoms with Crippen LogP contribution in [0.25, 0.3) is 11.1 Å². The second-order valence-corrected chi connectivity index (χ2v) is 7.59. The summed E-state index contributed by atoms with van der Waals surface area (Å²) in [6.07, 6.45) is 2.01. The van der Waals surface area contributed by atoms with E-state index >= 15 is 0 Å². The summed E-state index contributed by atoms with van der Waals surface area (Å²) in [7, 11) is 1.26. The average Bonchev–Trinajstić information content (AvgIpc) is 3.43. The van der Waals surface area contributed by atoms with Crippen LogP contribution in [-0.2, 0) is 9.53 Å². The predicted octanol–water partition coefficient (Wildman–Crippen LogP) is 3.37. The summed E-state index contributed by atoms with van der Waals surface area (Å²) in [6.45, 7) is 3.36. The normalized spacial score (nSPS) is 18.0. The Morgan fingerprint density at radius 3 is 2.57 bits per heavy atom. The summed E-state index contributed by atoms with van der Waals surface area (Å²) in [5, 5.41) is 19.7. The Hall–Kier alpha value is -3.56. The van der Waals surface area contributed by atoms with Crippen LogP contribution in [0.5, 0.6) is 0 Å². The molecule has 3 N–H and O–H groups in total. The first kappa shape index (κ1) is 19.7. The van der Waals surface area contributed by atoms with Gasteiger partial charge in [-0.25, -0.2) is 9.59 Å². The first-order valence-corrected chi connectivity index (χ1v) is 9.69. The largest absolute Gasteiger partial charge is 0.465 e. The first-order valence-electron chi connectivity index (χ1n) is 9.69. The molecule has 0 bridgehead atoms. The zero-order valence-corrected chi connectivity index (χ0v) is 16.9. The molecule has 1 aliphatic heterocycles. The number of benzene rings is 1. The summed E-state index contributed by atoms with van der Waals surface area (Å²) in [5.74, 6) is 0.116. The number of ether oxygens (including phenoxy) is 1. The highest BCUT2D eigenvalue weighted by Gasteiger charge is 2.36. The molecular formula is C20H23N5O5. The van der Waals surface area contributed by atoms with Crippen molar-refractivity contribution in [1.82, 2.24) is 10.2 Å². The highest BCUT2D eigenvalue weighted by molar-refractivity contribution is 6.06. The van der Waals surface area contributed by atoms with Crippen molar-refractivity contribution < 1.29 is 24.2 Å². The number of aromatic amines is 1. The number of carbonyl (C=O) groups excluding carboxylic acids is 2. The number of fused-ring (bicyclic) bond motifs is 1. The number of nitrogens with one attached hydrogen (secondary N) is 2. The molecule has 158 valence electrons. The minimum atomic E-state index is -1.11. The molecule has 0 unspecified atom stereocenters. The molecule has 2 aliphatic rings. The molecule has 10 heteroatoms. The van der Waals surface area contributed by atoms with Crippen LogP contribution in [0.2, 0.25) is 0 Å². The number of carboxylic acid groups (broad SMARTS) is 1. The summed E-state index contributed by atoms with van der Waals surface area (Å²) in [6, 6.07) is 2.95. The second kappa shape index (κ2) is 7.36. The fourth-order valence-corrected chi connectivity index (χ4v) is 4.00. The number of rotatable bonds is 3. The molecule has 0 saturated heterocycles. The molecule has 1 aromatic heterocycles. The molecule has 2 aromatic rings. The lowest BCUT2D eigenvalue weighted by Gasteiger charge is -2.40. The zero-order valence-electron chi connectivity index (χ0n) is 16.9. The van der Waals surface area contributed by atoms with Crippen molar-refractivity contribution in [2.45, 2.75) is 38.6 Å². The van der Waals surface area contributed by atoms with E-state index in [0.29, 0.717) is 28.5 Å². The average molecular weight is 413 g/mol. The molecular weight excluding hydrogens is 390 g/mol. The van der Waals surface area contributed by atoms with Gasteiger partial charge in [0.25, 0.3) is 0 Å². The Kier molecular flexibility index (Phi) is 4.84. The Morgan fingerprint density at radius 2 is 1.97 bits per heavy atom. The number of hydrogen-bond acceptors (Lipinski definition) is 5. The van der Waals surface area contributed by atoms with Crippen molar-refractivity contribution in [3.63, 3.8) is 0 Å². The number of amides is 3. The van der Waals surface area contributed by atoms with Crippen LogP contribution in [0, 0.1) is 0 Å². The minimum Gasteiger partial charge on any atom is -0.465 e. The highest BCUT2D eigenvalue weighted by atomic mass is 16.5. The van der Waals surface area contributed by atoms with Crippen LogP contribution in [-0.4, -0.2) is 53.1 Å². The van der Waals surface area contributed by atoms with Gasteiger partial charge in [-0.1, -0.05) is 0 Å². The third kappa shape index (κ3) is 3.34. The highest BCUT2D eigenvalue weighted by Crippen LogP contribution is 2.48. The Morgan fingerprint density at radius 1 is 1.23 bits per heavy atom. The van der Waals surface area contributed by atoms with Crippen LogP contribution >= 0.6 is 0 Å². The zero-order chi connectivity index (χ0) is 21.6. The number of carbonyl (C=O) groups is 3. The van der Waals surface area contributed by atoms with Crippen LogP contribution in [0.3, 0.4) is 0 Å². The van der Waals surface area contributed by atoms with Crippen LogP contribution in [0.1, 0.15) is 38.3 Å². The van der Waals surface area contributed by atoms with Gasteiger partial charge in [-0.05, 0) is 31.9 Å². The van der Waals surface area contributed by atoms with E-state index in [9.17, 15) is 19.5 Å². The van der Waals surface area contributed by atoms with Crippen LogP contribution in [0.15, 0.2) is 18.3 Å². The van der Waals surface area contributed by atoms with Gasteiger partial charge in [0.05, 0.1) is 35.9 Å². The van der Waals surface area contributed by atoms with Crippen molar-refractivity contribution >= 4 is 35.2 Å². The number of anilines is 3. The van der Waals surface area contributed by atoms with E-state index in [1.54, 1.807) is 25.3 Å². The topological polar surface area (TPSA) is 128 Å². The molecule has 1 saturated carbocycles. The molecule has 4 rings (SSSR count). The van der Waals surface area contributed by atoms with E-state index in [-0.39, 0.29) is 18.5 Å². The van der Waals surface area contributed by atoms with E-state index < -0.39 is 12.2 Å². The van der Waals surface area contributed by atoms with Crippen molar-refractivity contribution in [1.29, 1.82) is 0 Å². The standard InChI is InChI=1S/C20H23N5O5/c1-10-9-24(20(28)29)16-6-13(14-8-21-23-18(14)12-4-5-12)15(22-19(27)30-3)7-17(16)25(10)11(2)26/h6-8,10,12H,4-5,9H2,1-3H3,(H,21,23)(H,22,27)(H,28,29)/t10-/m0/s1. The summed E-state index contributed by atoms with van der Waals surface area (Å²) in [4.78, 5) is 39.1. The summed E-state index contributed by atoms with van der Waals surface area (Å²) >= 11 is 0. The number of aromatic nitrogens is 2. The van der Waals surface area contributed by atoms with E-state index in [4.69, 9.17) is 4.74 Å². The smallest absolute Gasteiger partial charge is 0.411 e. The molecule has 30 heavy (non-hydrogen) atoms. The van der Waals surface area contributed by atoms with E-state index in [2.05, 4.69) is 15.5 Å². The van der Waals surface area contributed by atoms with Crippen LogP contribution < -0.4 is 15.1 Å². The number of nitrogens with zero attached hydrogens (tertiary/aromatic N) is 3. The quantitative estimate of drug-likeness (QED) is 0.708. The fraction of sp³-hybridized carbons (Fsp3) is 0.400. The molecule has 2 heterocycles. The van der Waals surface area contributed by atoms with Crippen molar-refractivity contribution in [2.24, 2.45) is 0 Å². The molecule has 1 atom stereocenters. The number of hydrogen-bond donors (Lipinski definition) is 3. The van der Waals surface area contributed by atoms with Gasteiger partial charge in [-0.15, -0.1) is 0 Å². The van der Waals surface area contributed by atoms with Gasteiger partial charge >= 0.3 is 12.2 Å². The predicted molar refractivity (Wildman–Crippen MR) is 110 cm³/mol. The molecule has 3 amide bonds. The Labute approximate surface area is 172 Å². The van der Waals surface area contributed by atoms with Gasteiger partial charge < -0.3 is 14.7 Å². The summed E-state index contributed by atoms with van der Waals surface area (Å²) < 4.78 is 4.76. The number of H-pyrrole nitrogens is 1. The fourth-order valence-electron chi connectivity index (χ4n) is 4.00. The van der Waals surface area contributed by atoms with Gasteiger partial charge in [0, 0.05) is 36.7 Å². The lowest BCUT2D eigenvalue weighted by atomic mass is 9.97. The van der Waals surface area contributed by atoms with Gasteiger partial charge in [0.2, 0.25) is 5.91 Å². The Balaban J connectivity index is 1.94. The molecule has 0 radical (unpaired) electrons. The maximum Gasteiger partial charge on any atom is 0.411 e. The second-order valence-electron chi connectivity index (χ2n) is 7.59. The lowest BCUT2D eigenvalue weighted by molar-refractivity contribution is -0.117. The minimum absolute atomic E-state index is 0.145. The first-order chi connectivity index (χ1) is 14.3.